The minimum Gasteiger partial charge on any atom is -0.497 e. The molecule has 0 radical (unpaired) electrons. The van der Waals surface area contributed by atoms with Crippen LogP contribution in [0, 0.1) is 0 Å². The summed E-state index contributed by atoms with van der Waals surface area (Å²) in [6.07, 6.45) is 0. The quantitative estimate of drug-likeness (QED) is 0.811. The summed E-state index contributed by atoms with van der Waals surface area (Å²) in [7, 11) is 1.67. The zero-order chi connectivity index (χ0) is 15.2. The summed E-state index contributed by atoms with van der Waals surface area (Å²) in [6, 6.07) is 9.97. The number of benzene rings is 1. The average Bonchev–Trinajstić information content (AvgIpc) is 2.48. The Bertz CT molecular complexity index is 585. The predicted molar refractivity (Wildman–Crippen MR) is 87.4 cm³/mol. The number of anilines is 1. The second-order valence-electron chi connectivity index (χ2n) is 4.91. The van der Waals surface area contributed by atoms with Crippen LogP contribution in [0.1, 0.15) is 32.5 Å². The van der Waals surface area contributed by atoms with Crippen molar-refractivity contribution in [3.63, 3.8) is 0 Å². The van der Waals surface area contributed by atoms with Crippen LogP contribution >= 0.6 is 11.8 Å². The normalized spacial score (nSPS) is 10.7. The van der Waals surface area contributed by atoms with E-state index >= 15 is 0 Å². The Hall–Kier alpha value is -1.75. The molecular formula is C16H21N3OS. The number of aromatic nitrogens is 2. The highest BCUT2D eigenvalue weighted by Crippen LogP contribution is 2.29. The van der Waals surface area contributed by atoms with Crippen LogP contribution in [0.4, 0.5) is 5.82 Å². The van der Waals surface area contributed by atoms with Crippen molar-refractivity contribution < 1.29 is 4.74 Å². The van der Waals surface area contributed by atoms with Gasteiger partial charge in [-0.3, -0.25) is 0 Å². The average molecular weight is 303 g/mol. The van der Waals surface area contributed by atoms with Gasteiger partial charge < -0.3 is 10.1 Å². The van der Waals surface area contributed by atoms with Gasteiger partial charge in [0.25, 0.3) is 0 Å². The minimum atomic E-state index is 0.304. The van der Waals surface area contributed by atoms with E-state index in [1.54, 1.807) is 18.9 Å². The molecule has 4 nitrogen and oxygen atoms in total. The first-order chi connectivity index (χ1) is 10.1. The minimum absolute atomic E-state index is 0.304. The van der Waals surface area contributed by atoms with Crippen molar-refractivity contribution in [2.75, 3.05) is 19.0 Å². The zero-order valence-electron chi connectivity index (χ0n) is 12.9. The van der Waals surface area contributed by atoms with Crippen molar-refractivity contribution in [1.29, 1.82) is 0 Å². The Morgan fingerprint density at radius 2 is 1.90 bits per heavy atom. The number of rotatable bonds is 6. The summed E-state index contributed by atoms with van der Waals surface area (Å²) in [5.41, 5.74) is 0. The number of hydrogen-bond acceptors (Lipinski definition) is 5. The molecule has 2 rings (SSSR count). The number of hydrogen-bond donors (Lipinski definition) is 1. The second kappa shape index (κ2) is 7.31. The fourth-order valence-electron chi connectivity index (χ4n) is 1.79. The molecule has 0 saturated heterocycles. The molecule has 0 aliphatic carbocycles. The number of nitrogens with one attached hydrogen (secondary N) is 1. The van der Waals surface area contributed by atoms with Gasteiger partial charge in [0, 0.05) is 23.4 Å². The highest BCUT2D eigenvalue weighted by molar-refractivity contribution is 7.99. The molecule has 112 valence electrons. The van der Waals surface area contributed by atoms with Gasteiger partial charge in [-0.05, 0) is 31.2 Å². The van der Waals surface area contributed by atoms with Crippen LogP contribution in [0.25, 0.3) is 0 Å². The molecule has 5 heteroatoms. The second-order valence-corrected chi connectivity index (χ2v) is 6.01. The van der Waals surface area contributed by atoms with E-state index in [9.17, 15) is 0 Å². The largest absolute Gasteiger partial charge is 0.497 e. The maximum absolute atomic E-state index is 5.18. The van der Waals surface area contributed by atoms with E-state index in [0.29, 0.717) is 5.92 Å². The van der Waals surface area contributed by atoms with Gasteiger partial charge in [0.15, 0.2) is 0 Å². The van der Waals surface area contributed by atoms with Crippen molar-refractivity contribution in [3.8, 4) is 5.75 Å². The predicted octanol–water partition coefficient (Wildman–Crippen LogP) is 4.19. The molecule has 1 N–H and O–H groups in total. The van der Waals surface area contributed by atoms with Gasteiger partial charge in [0.2, 0.25) is 0 Å². The molecule has 0 bridgehead atoms. The van der Waals surface area contributed by atoms with Crippen molar-refractivity contribution in [1.82, 2.24) is 9.97 Å². The van der Waals surface area contributed by atoms with Crippen LogP contribution in [0.15, 0.2) is 40.3 Å². The smallest absolute Gasteiger partial charge is 0.134 e. The van der Waals surface area contributed by atoms with Gasteiger partial charge in [-0.1, -0.05) is 25.6 Å². The van der Waals surface area contributed by atoms with Gasteiger partial charge in [-0.2, -0.15) is 0 Å². The molecule has 1 aromatic carbocycles. The molecule has 0 fully saturated rings. The molecule has 0 saturated carbocycles. The van der Waals surface area contributed by atoms with E-state index in [0.717, 1.165) is 33.9 Å². The molecule has 21 heavy (non-hydrogen) atoms. The lowest BCUT2D eigenvalue weighted by molar-refractivity contribution is 0.414. The van der Waals surface area contributed by atoms with E-state index in [4.69, 9.17) is 4.74 Å². The molecule has 0 aliphatic heterocycles. The lowest BCUT2D eigenvalue weighted by Crippen LogP contribution is -2.05. The van der Waals surface area contributed by atoms with E-state index in [2.05, 4.69) is 36.1 Å². The van der Waals surface area contributed by atoms with Crippen LogP contribution in [0.5, 0.6) is 5.75 Å². The van der Waals surface area contributed by atoms with E-state index in [1.807, 2.05) is 30.3 Å². The van der Waals surface area contributed by atoms with Crippen LogP contribution < -0.4 is 10.1 Å². The van der Waals surface area contributed by atoms with E-state index in [-0.39, 0.29) is 0 Å². The molecule has 0 spiro atoms. The third-order valence-corrected chi connectivity index (χ3v) is 3.80. The van der Waals surface area contributed by atoms with Crippen molar-refractivity contribution in [3.05, 3.63) is 36.2 Å². The Balaban J connectivity index is 2.24. The van der Waals surface area contributed by atoms with Gasteiger partial charge in [0.1, 0.15) is 22.4 Å². The zero-order valence-corrected chi connectivity index (χ0v) is 13.7. The van der Waals surface area contributed by atoms with E-state index < -0.39 is 0 Å². The first kappa shape index (κ1) is 15.6. The van der Waals surface area contributed by atoms with Crippen LogP contribution in [0.2, 0.25) is 0 Å². The van der Waals surface area contributed by atoms with Crippen molar-refractivity contribution >= 4 is 17.6 Å². The van der Waals surface area contributed by atoms with Gasteiger partial charge in [-0.25, -0.2) is 9.97 Å². The molecule has 1 aromatic heterocycles. The fourth-order valence-corrected chi connectivity index (χ4v) is 2.61. The summed E-state index contributed by atoms with van der Waals surface area (Å²) in [4.78, 5) is 10.3. The highest BCUT2D eigenvalue weighted by atomic mass is 32.2. The topological polar surface area (TPSA) is 47.0 Å². The molecule has 0 unspecified atom stereocenters. The Morgan fingerprint density at radius 1 is 1.19 bits per heavy atom. The van der Waals surface area contributed by atoms with Gasteiger partial charge in [-0.15, -0.1) is 0 Å². The van der Waals surface area contributed by atoms with Crippen molar-refractivity contribution in [2.45, 2.75) is 36.6 Å². The summed E-state index contributed by atoms with van der Waals surface area (Å²) >= 11 is 1.63. The SMILES string of the molecule is CCNc1cc(Sc2ccc(OC)cc2)nc(C(C)C)n1. The highest BCUT2D eigenvalue weighted by Gasteiger charge is 2.09. The number of ether oxygens (including phenoxy) is 1. The summed E-state index contributed by atoms with van der Waals surface area (Å²) in [5, 5.41) is 4.22. The fraction of sp³-hybridized carbons (Fsp3) is 0.375. The van der Waals surface area contributed by atoms with E-state index in [1.165, 1.54) is 0 Å². The molecule has 2 aromatic rings. The third-order valence-electron chi connectivity index (χ3n) is 2.88. The van der Waals surface area contributed by atoms with Crippen molar-refractivity contribution in [2.24, 2.45) is 0 Å². The molecule has 1 heterocycles. The van der Waals surface area contributed by atoms with Gasteiger partial charge in [0.05, 0.1) is 7.11 Å². The Kier molecular flexibility index (Phi) is 5.44. The monoisotopic (exact) mass is 303 g/mol. The standard InChI is InChI=1S/C16H21N3OS/c1-5-17-14-10-15(19-16(18-14)11(2)3)21-13-8-6-12(20-4)7-9-13/h6-11H,5H2,1-4H3,(H,17,18,19). The molecule has 0 atom stereocenters. The Labute approximate surface area is 130 Å². The van der Waals surface area contributed by atoms with Crippen LogP contribution in [-0.2, 0) is 0 Å². The first-order valence-corrected chi connectivity index (χ1v) is 7.88. The number of nitrogens with zero attached hydrogens (tertiary/aromatic N) is 2. The van der Waals surface area contributed by atoms with Crippen LogP contribution in [-0.4, -0.2) is 23.6 Å². The lowest BCUT2D eigenvalue weighted by Gasteiger charge is -2.10. The maximum atomic E-state index is 5.18. The van der Waals surface area contributed by atoms with Crippen LogP contribution in [0.3, 0.4) is 0 Å². The molecular weight excluding hydrogens is 282 g/mol. The van der Waals surface area contributed by atoms with Gasteiger partial charge >= 0.3 is 0 Å². The summed E-state index contributed by atoms with van der Waals surface area (Å²) < 4.78 is 5.18. The molecule has 0 amide bonds. The molecule has 0 aliphatic rings. The maximum Gasteiger partial charge on any atom is 0.134 e. The lowest BCUT2D eigenvalue weighted by atomic mass is 10.2. The summed E-state index contributed by atoms with van der Waals surface area (Å²) in [6.45, 7) is 7.12. The summed E-state index contributed by atoms with van der Waals surface area (Å²) in [5.74, 6) is 2.91. The Morgan fingerprint density at radius 3 is 2.48 bits per heavy atom. The first-order valence-electron chi connectivity index (χ1n) is 7.07. The number of methoxy groups -OCH3 is 1. The third kappa shape index (κ3) is 4.36.